The van der Waals surface area contributed by atoms with Crippen LogP contribution in [0.25, 0.3) is 0 Å². The molecule has 0 aromatic rings. The second-order valence-corrected chi connectivity index (χ2v) is 13.2. The van der Waals surface area contributed by atoms with E-state index in [9.17, 15) is 14.7 Å². The van der Waals surface area contributed by atoms with Gasteiger partial charge in [-0.05, 0) is 43.4 Å². The van der Waals surface area contributed by atoms with Gasteiger partial charge in [0.2, 0.25) is 0 Å². The molecule has 0 aromatic carbocycles. The van der Waals surface area contributed by atoms with Crippen LogP contribution in [-0.4, -0.2) is 22.2 Å². The number of carbonyl (C=O) groups is 2. The maximum absolute atomic E-state index is 12.8. The molecule has 38 heavy (non-hydrogen) atoms. The molecule has 0 aliphatic heterocycles. The third-order valence-electron chi connectivity index (χ3n) is 8.59. The van der Waals surface area contributed by atoms with Crippen molar-refractivity contribution < 1.29 is 19.8 Å². The Morgan fingerprint density at radius 3 is 1.37 bits per heavy atom. The van der Waals surface area contributed by atoms with Crippen molar-refractivity contribution in [3.05, 3.63) is 0 Å². The van der Waals surface area contributed by atoms with Gasteiger partial charge in [-0.25, -0.2) is 0 Å². The quantitative estimate of drug-likeness (QED) is 0.0971. The minimum Gasteiger partial charge on any atom is -0.481 e. The minimum absolute atomic E-state index is 0.304. The highest BCUT2D eigenvalue weighted by atomic mass is 16.4. The molecule has 0 aliphatic rings. The van der Waals surface area contributed by atoms with E-state index < -0.39 is 17.4 Å². The summed E-state index contributed by atoms with van der Waals surface area (Å²) >= 11 is 0. The van der Waals surface area contributed by atoms with Crippen molar-refractivity contribution in [3.8, 4) is 0 Å². The van der Waals surface area contributed by atoms with Crippen LogP contribution in [0.5, 0.6) is 0 Å². The number of aliphatic carboxylic acids is 2. The summed E-state index contributed by atoms with van der Waals surface area (Å²) in [5.74, 6) is 0.764. The Bertz CT molecular complexity index is 551. The van der Waals surface area contributed by atoms with E-state index in [1.807, 2.05) is 0 Å². The zero-order chi connectivity index (χ0) is 28.7. The number of carboxylic acids is 2. The van der Waals surface area contributed by atoms with Gasteiger partial charge in [0.25, 0.3) is 0 Å². The van der Waals surface area contributed by atoms with Crippen molar-refractivity contribution >= 4 is 11.9 Å². The summed E-state index contributed by atoms with van der Waals surface area (Å²) in [5, 5.41) is 19.2. The van der Waals surface area contributed by atoms with Crippen LogP contribution < -0.4 is 0 Å². The molecule has 0 rings (SSSR count). The van der Waals surface area contributed by atoms with Crippen LogP contribution in [0, 0.1) is 23.2 Å². The Morgan fingerprint density at radius 1 is 0.579 bits per heavy atom. The fourth-order valence-electron chi connectivity index (χ4n) is 5.97. The van der Waals surface area contributed by atoms with E-state index in [2.05, 4.69) is 34.6 Å². The first-order valence-corrected chi connectivity index (χ1v) is 16.6. The van der Waals surface area contributed by atoms with E-state index >= 15 is 0 Å². The molecule has 0 heterocycles. The lowest BCUT2D eigenvalue weighted by molar-refractivity contribution is -0.151. The number of unbranched alkanes of at least 4 members (excludes halogenated alkanes) is 12. The largest absolute Gasteiger partial charge is 0.481 e. The molecule has 4 nitrogen and oxygen atoms in total. The molecule has 226 valence electrons. The van der Waals surface area contributed by atoms with Gasteiger partial charge >= 0.3 is 11.9 Å². The van der Waals surface area contributed by atoms with Gasteiger partial charge in [-0.2, -0.15) is 0 Å². The molecule has 0 radical (unpaired) electrons. The van der Waals surface area contributed by atoms with E-state index in [1.54, 1.807) is 0 Å². The maximum atomic E-state index is 12.8. The Morgan fingerprint density at radius 2 is 0.974 bits per heavy atom. The van der Waals surface area contributed by atoms with Gasteiger partial charge in [-0.3, -0.25) is 9.59 Å². The first-order valence-electron chi connectivity index (χ1n) is 16.6. The molecular weight excluding hydrogens is 472 g/mol. The molecule has 0 saturated carbocycles. The lowest BCUT2D eigenvalue weighted by atomic mass is 9.70. The second-order valence-electron chi connectivity index (χ2n) is 13.2. The van der Waals surface area contributed by atoms with Crippen LogP contribution in [0.1, 0.15) is 182 Å². The molecule has 0 bridgehead atoms. The summed E-state index contributed by atoms with van der Waals surface area (Å²) in [4.78, 5) is 23.3. The Balaban J connectivity index is 4.60. The van der Waals surface area contributed by atoms with Crippen LogP contribution in [-0.2, 0) is 9.59 Å². The normalized spacial score (nSPS) is 12.9. The number of rotatable bonds is 28. The molecule has 0 spiro atoms. The smallest absolute Gasteiger partial charge is 0.309 e. The van der Waals surface area contributed by atoms with Crippen molar-refractivity contribution in [1.29, 1.82) is 0 Å². The fraction of sp³-hybridized carbons (Fsp3) is 0.941. The SMILES string of the molecule is CCC(CCCCCCCCCCCC(=O)O)CC(CCCCCC(C)C)(CCCCCC(C)C)C(=O)O. The predicted molar refractivity (Wildman–Crippen MR) is 163 cm³/mol. The molecule has 0 saturated heterocycles. The number of hydrogen-bond donors (Lipinski definition) is 2. The van der Waals surface area contributed by atoms with Gasteiger partial charge in [0.15, 0.2) is 0 Å². The van der Waals surface area contributed by atoms with Crippen LogP contribution in [0.4, 0.5) is 0 Å². The third-order valence-corrected chi connectivity index (χ3v) is 8.59. The Kier molecular flexibility index (Phi) is 23.1. The first kappa shape index (κ1) is 36.9. The van der Waals surface area contributed by atoms with E-state index in [0.717, 1.165) is 82.5 Å². The second kappa shape index (κ2) is 23.8. The molecule has 0 amide bonds. The van der Waals surface area contributed by atoms with Crippen molar-refractivity contribution in [3.63, 3.8) is 0 Å². The predicted octanol–water partition coefficient (Wildman–Crippen LogP) is 11.1. The summed E-state index contributed by atoms with van der Waals surface area (Å²) < 4.78 is 0. The highest BCUT2D eigenvalue weighted by Gasteiger charge is 2.39. The van der Waals surface area contributed by atoms with E-state index in [4.69, 9.17) is 5.11 Å². The average molecular weight is 539 g/mol. The molecule has 4 heteroatoms. The average Bonchev–Trinajstić information content (AvgIpc) is 2.84. The van der Waals surface area contributed by atoms with Crippen molar-refractivity contribution in [2.24, 2.45) is 23.2 Å². The molecule has 0 aromatic heterocycles. The summed E-state index contributed by atoms with van der Waals surface area (Å²) in [7, 11) is 0. The van der Waals surface area contributed by atoms with Crippen LogP contribution in [0.2, 0.25) is 0 Å². The van der Waals surface area contributed by atoms with Gasteiger partial charge in [-0.15, -0.1) is 0 Å². The Labute approximate surface area is 237 Å². The van der Waals surface area contributed by atoms with Gasteiger partial charge in [-0.1, -0.05) is 150 Å². The van der Waals surface area contributed by atoms with Crippen molar-refractivity contribution in [2.75, 3.05) is 0 Å². The molecule has 0 fully saturated rings. The first-order chi connectivity index (χ1) is 18.1. The maximum Gasteiger partial charge on any atom is 0.309 e. The number of hydrogen-bond acceptors (Lipinski definition) is 2. The summed E-state index contributed by atoms with van der Waals surface area (Å²) in [6.45, 7) is 11.4. The fourth-order valence-corrected chi connectivity index (χ4v) is 5.97. The topological polar surface area (TPSA) is 74.6 Å². The lowest BCUT2D eigenvalue weighted by Gasteiger charge is -2.33. The summed E-state index contributed by atoms with van der Waals surface area (Å²) in [6.07, 6.45) is 25.0. The Hall–Kier alpha value is -1.06. The van der Waals surface area contributed by atoms with Crippen molar-refractivity contribution in [2.45, 2.75) is 182 Å². The lowest BCUT2D eigenvalue weighted by Crippen LogP contribution is -2.33. The van der Waals surface area contributed by atoms with Crippen molar-refractivity contribution in [1.82, 2.24) is 0 Å². The van der Waals surface area contributed by atoms with E-state index in [-0.39, 0.29) is 0 Å². The number of carboxylic acid groups (broad SMARTS) is 2. The van der Waals surface area contributed by atoms with Crippen LogP contribution >= 0.6 is 0 Å². The highest BCUT2D eigenvalue weighted by molar-refractivity contribution is 5.74. The van der Waals surface area contributed by atoms with Crippen LogP contribution in [0.3, 0.4) is 0 Å². The van der Waals surface area contributed by atoms with Gasteiger partial charge in [0, 0.05) is 6.42 Å². The third kappa shape index (κ3) is 20.8. The highest BCUT2D eigenvalue weighted by Crippen LogP contribution is 2.41. The van der Waals surface area contributed by atoms with Gasteiger partial charge < -0.3 is 10.2 Å². The van der Waals surface area contributed by atoms with E-state index in [1.165, 1.54) is 70.6 Å². The molecule has 1 atom stereocenters. The monoisotopic (exact) mass is 538 g/mol. The van der Waals surface area contributed by atoms with E-state index in [0.29, 0.717) is 12.3 Å². The zero-order valence-electron chi connectivity index (χ0n) is 26.2. The molecular formula is C34H66O4. The summed E-state index contributed by atoms with van der Waals surface area (Å²) in [5.41, 5.74) is -0.531. The summed E-state index contributed by atoms with van der Waals surface area (Å²) in [6, 6.07) is 0. The minimum atomic E-state index is -0.681. The molecule has 1 unspecified atom stereocenters. The van der Waals surface area contributed by atoms with Gasteiger partial charge in [0.1, 0.15) is 0 Å². The zero-order valence-corrected chi connectivity index (χ0v) is 26.2. The standard InChI is InChI=1S/C34H66O4/c1-6-31(24-18-12-10-8-7-9-11-13-19-25-32(35)36)28-34(33(37)38,26-20-14-16-22-29(2)3)27-21-15-17-23-30(4)5/h29-31H,6-28H2,1-5H3,(H,35,36)(H,37,38). The van der Waals surface area contributed by atoms with Crippen LogP contribution in [0.15, 0.2) is 0 Å². The molecule has 2 N–H and O–H groups in total. The molecule has 0 aliphatic carbocycles. The van der Waals surface area contributed by atoms with Gasteiger partial charge in [0.05, 0.1) is 5.41 Å².